The van der Waals surface area contributed by atoms with Crippen molar-refractivity contribution in [3.05, 3.63) is 172 Å². The van der Waals surface area contributed by atoms with Crippen molar-refractivity contribution in [1.82, 2.24) is 4.98 Å². The molecule has 3 saturated heterocycles. The van der Waals surface area contributed by atoms with Gasteiger partial charge in [0.25, 0.3) is 0 Å². The van der Waals surface area contributed by atoms with Crippen molar-refractivity contribution in [3.63, 3.8) is 0 Å². The molecule has 0 amide bonds. The second kappa shape index (κ2) is 43.2. The molecular weight excluding hydrogens is 1200 g/mol. The fourth-order valence-electron chi connectivity index (χ4n) is 9.65. The van der Waals surface area contributed by atoms with Gasteiger partial charge in [0.1, 0.15) is 41.5 Å². The average molecular weight is 1310 g/mol. The lowest BCUT2D eigenvalue weighted by Gasteiger charge is -2.58. The molecule has 4 N–H and O–H groups in total. The number of carboxylic acid groups (broad SMARTS) is 1. The van der Waals surface area contributed by atoms with Gasteiger partial charge < -0.3 is 47.1 Å². The van der Waals surface area contributed by atoms with Gasteiger partial charge in [0.05, 0.1) is 18.6 Å². The van der Waals surface area contributed by atoms with Crippen LogP contribution in [0.1, 0.15) is 186 Å². The molecule has 8 rings (SSSR count). The first-order valence-corrected chi connectivity index (χ1v) is 29.6. The lowest BCUT2D eigenvalue weighted by Crippen LogP contribution is -3.00. The minimum atomic E-state index is -1.03. The Labute approximate surface area is 560 Å². The highest BCUT2D eigenvalue weighted by atomic mass is 35.5. The van der Waals surface area contributed by atoms with Gasteiger partial charge in [-0.25, -0.2) is 9.59 Å². The number of piperidine rings is 3. The fraction of sp³-hybridized carbons (Fsp3) is 0.507. The summed E-state index contributed by atoms with van der Waals surface area (Å²) in [5.41, 5.74) is 7.70. The van der Waals surface area contributed by atoms with Gasteiger partial charge in [-0.2, -0.15) is 0 Å². The van der Waals surface area contributed by atoms with Gasteiger partial charge >= 0.3 is 25.3 Å². The summed E-state index contributed by atoms with van der Waals surface area (Å²) < 4.78 is 14.6. The number of para-hydroxylation sites is 1. The number of carbonyl (C=O) groups excluding carboxylic acids is 2. The van der Waals surface area contributed by atoms with E-state index in [0.29, 0.717) is 34.7 Å². The van der Waals surface area contributed by atoms with Gasteiger partial charge in [0.2, 0.25) is 0 Å². The summed E-state index contributed by atoms with van der Waals surface area (Å²) in [6, 6.07) is 35.2. The van der Waals surface area contributed by atoms with Gasteiger partial charge in [-0.05, 0) is 141 Å². The summed E-state index contributed by atoms with van der Waals surface area (Å²) in [7, 11) is 1.42. The monoisotopic (exact) mass is 1310 g/mol. The number of aliphatic carboxylic acids is 1. The molecule has 4 heterocycles. The molecule has 13 nitrogen and oxygen atoms in total. The number of rotatable bonds is 18. The molecule has 3 fully saturated rings. The molecule has 495 valence electrons. The highest BCUT2D eigenvalue weighted by Crippen LogP contribution is 2.48. The number of aliphatic hydroxyl groups excluding tert-OH is 1. The third-order valence-corrected chi connectivity index (χ3v) is 14.8. The summed E-state index contributed by atoms with van der Waals surface area (Å²) in [6.07, 6.45) is 14.2. The van der Waals surface area contributed by atoms with Crippen LogP contribution in [0.2, 0.25) is 16.9 Å². The van der Waals surface area contributed by atoms with Crippen molar-refractivity contribution in [1.29, 1.82) is 0 Å². The minimum absolute atomic E-state index is 0. The highest BCUT2D eigenvalue weighted by Gasteiger charge is 2.54. The van der Waals surface area contributed by atoms with Crippen molar-refractivity contribution in [3.8, 4) is 0 Å². The molecule has 0 aliphatic carbocycles. The molecule has 4 aromatic carbocycles. The molecule has 8 atom stereocenters. The zero-order valence-corrected chi connectivity index (χ0v) is 55.0. The van der Waals surface area contributed by atoms with E-state index in [-0.39, 0.29) is 72.5 Å². The van der Waals surface area contributed by atoms with Crippen LogP contribution in [0.5, 0.6) is 0 Å². The van der Waals surface area contributed by atoms with Crippen LogP contribution in [0.3, 0.4) is 0 Å². The third-order valence-electron chi connectivity index (χ3n) is 14.3. The van der Waals surface area contributed by atoms with E-state index in [4.69, 9.17) is 50.1 Å². The number of pyridine rings is 1. The van der Waals surface area contributed by atoms with Gasteiger partial charge in [0.15, 0.2) is 5.54 Å². The smallest absolute Gasteiger partial charge is 0.633 e. The molecular formula is C71H108BCl4N6O7. The topological polar surface area (TPSA) is 178 Å². The standard InChI is InChI=1S/C26H29N2O.C18H26ClNO2.C14H18ClNO2.C7H15NO2.C2H3BN.4CH4.2ClH/c1-2-20-18-28(17-19-8-4-3-5-9-19)15-13-21(20)16-25(28)26(29)23-12-14-27-24-11-7-6-10-22(23)24;1-6-7-12-18(5,16(21)22-17(2,3)4)20-13-14-8-10-15(19)11-9-14;1-10(13(17)18-14(2,3)4)16-9-11-5-7-12(15)8-6-11;1-3-4-5-7(2,8)6(9)10;1-3-4-2;;;;;;/h2-12,14,20-21,25-26,29H,1,13,15-18H2;8-11,13H,6-7,12H2,1-5H3;5-10H,1-4H3;3-5,8H2,1-2H3,(H,9,10);1H3;4*1H4;2*1H/q+1;;;;;;;;;;/p-1/t20?,21?,25?,26-,28?;18-;;7-;;;;;;;/m01.1......./s1. The Morgan fingerprint density at radius 2 is 1.33 bits per heavy atom. The number of benzene rings is 4. The maximum Gasteiger partial charge on any atom is 0.633 e. The van der Waals surface area contributed by atoms with E-state index in [1.807, 2.05) is 110 Å². The Bertz CT molecular complexity index is 2910. The predicted molar refractivity (Wildman–Crippen MR) is 376 cm³/mol. The number of nitrogens with zero attached hydrogens (tertiary/aromatic N) is 5. The van der Waals surface area contributed by atoms with Gasteiger partial charge in [-0.3, -0.25) is 26.3 Å². The van der Waals surface area contributed by atoms with Crippen molar-refractivity contribution >= 4 is 84.3 Å². The zero-order chi connectivity index (χ0) is 62.0. The Balaban J connectivity index is -0.000000544. The molecule has 0 saturated carbocycles. The quantitative estimate of drug-likeness (QED) is 0.0192. The molecule has 1 radical (unpaired) electrons. The Morgan fingerprint density at radius 1 is 0.820 bits per heavy atom. The van der Waals surface area contributed by atoms with E-state index in [1.54, 1.807) is 57.4 Å². The molecule has 1 aromatic heterocycles. The number of ether oxygens (including phenoxy) is 2. The Hall–Kier alpha value is -5.63. The molecule has 3 aliphatic heterocycles. The summed E-state index contributed by atoms with van der Waals surface area (Å²) in [6.45, 7) is 35.3. The van der Waals surface area contributed by atoms with Crippen LogP contribution < -0.4 is 18.1 Å². The Kier molecular flexibility index (Phi) is 43.6. The van der Waals surface area contributed by atoms with Crippen molar-refractivity contribution < 1.29 is 51.0 Å². The van der Waals surface area contributed by atoms with Gasteiger partial charge in [-0.15, -0.1) is 19.0 Å². The summed E-state index contributed by atoms with van der Waals surface area (Å²) in [4.78, 5) is 47.8. The van der Waals surface area contributed by atoms with Crippen LogP contribution in [0, 0.1) is 18.4 Å². The van der Waals surface area contributed by atoms with Crippen molar-refractivity contribution in [2.75, 3.05) is 13.1 Å². The summed E-state index contributed by atoms with van der Waals surface area (Å²) in [5, 5.41) is 22.7. The maximum absolute atomic E-state index is 12.5. The molecule has 18 heteroatoms. The highest BCUT2D eigenvalue weighted by molar-refractivity contribution is 6.37. The molecule has 5 aromatic rings. The second-order valence-corrected chi connectivity index (χ2v) is 24.7. The number of halogens is 4. The van der Waals surface area contributed by atoms with Crippen LogP contribution in [0.4, 0.5) is 0 Å². The largest absolute Gasteiger partial charge is 1.00 e. The number of carbonyl (C=O) groups is 3. The molecule has 5 unspecified atom stereocenters. The predicted octanol–water partition coefficient (Wildman–Crippen LogP) is 14.9. The number of carboxylic acids is 1. The number of aliphatic imine (C=N–C) groups is 2. The number of esters is 2. The normalized spacial score (nSPS) is 18.1. The Morgan fingerprint density at radius 3 is 1.82 bits per heavy atom. The minimum Gasteiger partial charge on any atom is -1.00 e. The fourth-order valence-corrected chi connectivity index (χ4v) is 9.90. The second-order valence-electron chi connectivity index (χ2n) is 23.8. The van der Waals surface area contributed by atoms with E-state index < -0.39 is 40.4 Å². The number of fused-ring (bicyclic) bond motifs is 4. The van der Waals surface area contributed by atoms with E-state index in [9.17, 15) is 19.5 Å². The summed E-state index contributed by atoms with van der Waals surface area (Å²) >= 11 is 11.7. The van der Waals surface area contributed by atoms with E-state index >= 15 is 0 Å². The number of hydrogen-bond acceptors (Lipinski definition) is 10. The van der Waals surface area contributed by atoms with Crippen LogP contribution >= 0.6 is 35.6 Å². The zero-order valence-electron chi connectivity index (χ0n) is 51.9. The summed E-state index contributed by atoms with van der Waals surface area (Å²) in [5.74, 6) is -0.339. The first kappa shape index (κ1) is 89.8. The number of nitrogens with two attached hydrogens (primary N) is 1. The van der Waals surface area contributed by atoms with E-state index in [0.717, 1.165) is 83.8 Å². The number of unbranched alkanes of at least 4 members (excludes halogenated alkanes) is 2. The maximum atomic E-state index is 12.5. The van der Waals surface area contributed by atoms with Crippen LogP contribution in [-0.2, 0) is 30.4 Å². The third kappa shape index (κ3) is 30.8. The van der Waals surface area contributed by atoms with E-state index in [1.165, 1.54) is 19.4 Å². The molecule has 3 aliphatic rings. The van der Waals surface area contributed by atoms with E-state index in [2.05, 4.69) is 75.7 Å². The number of aliphatic hydroxyl groups is 1. The lowest BCUT2D eigenvalue weighted by molar-refractivity contribution is -0.984. The first-order valence-electron chi connectivity index (χ1n) is 28.8. The van der Waals surface area contributed by atoms with Gasteiger partial charge in [0, 0.05) is 58.4 Å². The van der Waals surface area contributed by atoms with Crippen LogP contribution in [0.25, 0.3) is 15.7 Å². The van der Waals surface area contributed by atoms with Crippen molar-refractivity contribution in [2.45, 2.75) is 211 Å². The van der Waals surface area contributed by atoms with Crippen LogP contribution in [-0.4, -0.2) is 105 Å². The molecule has 0 spiro atoms. The van der Waals surface area contributed by atoms with Crippen molar-refractivity contribution in [2.24, 2.45) is 27.6 Å². The molecule has 2 bridgehead atoms. The number of quaternary nitrogens is 1. The average Bonchev–Trinajstić information content (AvgIpc) is 1.26. The lowest BCUT2D eigenvalue weighted by atomic mass is 9.71. The number of aromatic nitrogens is 1. The first-order chi connectivity index (χ1) is 39.1. The SMILES string of the molecule is C.C.C.C.C=CC1C[N+]2(Cc3ccccc3)CCC1CC2[C@@H](O)c1ccnc2ccccc12.CC(N=Cc1ccc(Cl)cc1)C(=O)OC(C)(C)C.CCCC[C@@](C)(N)C(=O)O.CCCC[C@@](C)(N=Cc1ccc(Cl)cc1)C(=O)OC(C)(C)C.Cl.[C-]#[N+][B]C.[Cl-]. The molecule has 89 heavy (non-hydrogen) atoms. The number of hydrogen-bond donors (Lipinski definition) is 3. The van der Waals surface area contributed by atoms with Crippen LogP contribution in [0.15, 0.2) is 138 Å². The van der Waals surface area contributed by atoms with Gasteiger partial charge in [-0.1, -0.05) is 171 Å².